The molecule has 0 aliphatic heterocycles. The van der Waals surface area contributed by atoms with Crippen LogP contribution in [0.3, 0.4) is 0 Å². The van der Waals surface area contributed by atoms with Crippen LogP contribution in [-0.4, -0.2) is 37.7 Å². The number of nitrogens with zero attached hydrogens (tertiary/aromatic N) is 4. The van der Waals surface area contributed by atoms with Crippen LogP contribution in [-0.2, 0) is 6.54 Å². The first-order valence-corrected chi connectivity index (χ1v) is 8.27. The predicted molar refractivity (Wildman–Crippen MR) is 97.1 cm³/mol. The number of ether oxygens (including phenoxy) is 1. The average Bonchev–Trinajstić information content (AvgIpc) is 2.94. The molecule has 0 unspecified atom stereocenters. The molecule has 0 fully saturated rings. The lowest BCUT2D eigenvalue weighted by molar-refractivity contribution is 0.0685. The number of rotatable bonds is 5. The third kappa shape index (κ3) is 3.49. The highest BCUT2D eigenvalue weighted by atomic mass is 35.5. The molecule has 0 atom stereocenters. The fourth-order valence-electron chi connectivity index (χ4n) is 2.58. The van der Waals surface area contributed by atoms with Gasteiger partial charge in [-0.15, -0.1) is 0 Å². The van der Waals surface area contributed by atoms with Crippen molar-refractivity contribution < 1.29 is 14.6 Å². The van der Waals surface area contributed by atoms with Crippen molar-refractivity contribution in [2.75, 3.05) is 7.11 Å². The molecule has 0 spiro atoms. The molecule has 3 rings (SSSR count). The van der Waals surface area contributed by atoms with Crippen LogP contribution in [0, 0.1) is 6.92 Å². The van der Waals surface area contributed by atoms with Gasteiger partial charge in [0.05, 0.1) is 31.7 Å². The van der Waals surface area contributed by atoms with E-state index in [-0.39, 0.29) is 12.2 Å². The Morgan fingerprint density at radius 3 is 2.73 bits per heavy atom. The minimum absolute atomic E-state index is 0.0423. The summed E-state index contributed by atoms with van der Waals surface area (Å²) in [5.41, 5.74) is 1.45. The molecule has 0 saturated carbocycles. The van der Waals surface area contributed by atoms with Crippen LogP contribution >= 0.6 is 23.2 Å². The van der Waals surface area contributed by atoms with E-state index in [1.807, 2.05) is 0 Å². The van der Waals surface area contributed by atoms with Crippen LogP contribution in [0.4, 0.5) is 0 Å². The quantitative estimate of drug-likeness (QED) is 0.711. The topological polar surface area (TPSA) is 90.1 Å². The van der Waals surface area contributed by atoms with Crippen molar-refractivity contribution in [3.63, 3.8) is 0 Å². The van der Waals surface area contributed by atoms with E-state index in [1.54, 1.807) is 25.1 Å². The van der Waals surface area contributed by atoms with Gasteiger partial charge in [0, 0.05) is 10.0 Å². The van der Waals surface area contributed by atoms with Gasteiger partial charge >= 0.3 is 5.97 Å². The van der Waals surface area contributed by atoms with E-state index in [2.05, 4.69) is 15.0 Å². The molecule has 0 radical (unpaired) electrons. The Bertz CT molecular complexity index is 988. The number of benzene rings is 1. The summed E-state index contributed by atoms with van der Waals surface area (Å²) < 4.78 is 6.61. The van der Waals surface area contributed by atoms with Crippen molar-refractivity contribution >= 4 is 29.2 Å². The normalized spacial score (nSPS) is 10.8. The number of carbonyl (C=O) groups is 1. The van der Waals surface area contributed by atoms with Crippen molar-refractivity contribution in [2.24, 2.45) is 0 Å². The first-order chi connectivity index (χ1) is 12.4. The van der Waals surface area contributed by atoms with E-state index in [9.17, 15) is 9.90 Å². The Balaban J connectivity index is 2.18. The number of hydrogen-bond donors (Lipinski definition) is 1. The largest absolute Gasteiger partial charge is 0.480 e. The SMILES string of the molecule is COc1cncc(-c2nc(C)c(C(=O)O)n2Cc2cc(Cl)ccc2Cl)n1. The zero-order valence-electron chi connectivity index (χ0n) is 13.9. The molecule has 2 aromatic heterocycles. The standard InChI is InChI=1S/C17H14Cl2N4O3/c1-9-15(17(24)25)23(8-10-5-11(18)3-4-12(10)19)16(21-9)13-6-20-7-14(22-13)26-2/h3-7H,8H2,1-2H3,(H,24,25). The highest BCUT2D eigenvalue weighted by Gasteiger charge is 2.23. The lowest BCUT2D eigenvalue weighted by Gasteiger charge is -2.12. The van der Waals surface area contributed by atoms with E-state index < -0.39 is 5.97 Å². The van der Waals surface area contributed by atoms with Gasteiger partial charge in [-0.05, 0) is 30.7 Å². The van der Waals surface area contributed by atoms with E-state index >= 15 is 0 Å². The molecule has 7 nitrogen and oxygen atoms in total. The molecule has 1 N–H and O–H groups in total. The number of aryl methyl sites for hydroxylation is 1. The number of halogens is 2. The second-order valence-corrected chi connectivity index (χ2v) is 6.29. The molecule has 26 heavy (non-hydrogen) atoms. The summed E-state index contributed by atoms with van der Waals surface area (Å²) in [6.07, 6.45) is 2.95. The molecule has 0 aliphatic carbocycles. The van der Waals surface area contributed by atoms with E-state index in [0.29, 0.717) is 38.7 Å². The maximum atomic E-state index is 11.8. The third-order valence-corrected chi connectivity index (χ3v) is 4.34. The Morgan fingerprint density at radius 1 is 1.27 bits per heavy atom. The Morgan fingerprint density at radius 2 is 2.04 bits per heavy atom. The van der Waals surface area contributed by atoms with Crippen molar-refractivity contribution in [3.05, 3.63) is 57.6 Å². The maximum absolute atomic E-state index is 11.8. The lowest BCUT2D eigenvalue weighted by Crippen LogP contribution is -2.12. The summed E-state index contributed by atoms with van der Waals surface area (Å²) in [6, 6.07) is 5.01. The summed E-state index contributed by atoms with van der Waals surface area (Å²) in [5.74, 6) is -0.454. The summed E-state index contributed by atoms with van der Waals surface area (Å²) in [7, 11) is 1.47. The van der Waals surface area contributed by atoms with Gasteiger partial charge in [0.15, 0.2) is 11.5 Å². The van der Waals surface area contributed by atoms with Crippen molar-refractivity contribution in [1.82, 2.24) is 19.5 Å². The first-order valence-electron chi connectivity index (χ1n) is 7.51. The summed E-state index contributed by atoms with van der Waals surface area (Å²) in [5, 5.41) is 10.6. The fourth-order valence-corrected chi connectivity index (χ4v) is 2.95. The number of hydrogen-bond acceptors (Lipinski definition) is 5. The number of imidazole rings is 1. The van der Waals surface area contributed by atoms with Crippen molar-refractivity contribution in [1.29, 1.82) is 0 Å². The molecular formula is C17H14Cl2N4O3. The molecule has 0 aliphatic rings. The number of aromatic nitrogens is 4. The molecule has 1 aromatic carbocycles. The highest BCUT2D eigenvalue weighted by Crippen LogP contribution is 2.27. The molecular weight excluding hydrogens is 379 g/mol. The first kappa shape index (κ1) is 18.2. The maximum Gasteiger partial charge on any atom is 0.354 e. The van der Waals surface area contributed by atoms with Crippen LogP contribution in [0.1, 0.15) is 21.7 Å². The Kier molecular flexibility index (Phi) is 5.11. The van der Waals surface area contributed by atoms with E-state index in [4.69, 9.17) is 27.9 Å². The second kappa shape index (κ2) is 7.31. The van der Waals surface area contributed by atoms with Gasteiger partial charge < -0.3 is 14.4 Å². The van der Waals surface area contributed by atoms with Crippen molar-refractivity contribution in [2.45, 2.75) is 13.5 Å². The van der Waals surface area contributed by atoms with Gasteiger partial charge in [0.25, 0.3) is 0 Å². The van der Waals surface area contributed by atoms with Crippen LogP contribution in [0.5, 0.6) is 5.88 Å². The molecule has 2 heterocycles. The molecule has 0 bridgehead atoms. The van der Waals surface area contributed by atoms with E-state index in [1.165, 1.54) is 24.1 Å². The van der Waals surface area contributed by atoms with Crippen LogP contribution in [0.25, 0.3) is 11.5 Å². The molecule has 3 aromatic rings. The molecule has 134 valence electrons. The minimum atomic E-state index is -1.10. The van der Waals surface area contributed by atoms with Gasteiger partial charge in [-0.2, -0.15) is 0 Å². The zero-order valence-corrected chi connectivity index (χ0v) is 15.4. The number of methoxy groups -OCH3 is 1. The van der Waals surface area contributed by atoms with Crippen molar-refractivity contribution in [3.8, 4) is 17.4 Å². The summed E-state index contributed by atoms with van der Waals surface area (Å²) in [4.78, 5) is 24.5. The van der Waals surface area contributed by atoms with Gasteiger partial charge in [-0.1, -0.05) is 23.2 Å². The smallest absolute Gasteiger partial charge is 0.354 e. The number of carboxylic acids is 1. The van der Waals surface area contributed by atoms with Gasteiger partial charge in [-0.25, -0.2) is 14.8 Å². The number of carboxylic acid groups (broad SMARTS) is 1. The Labute approximate surface area is 159 Å². The summed E-state index contributed by atoms with van der Waals surface area (Å²) in [6.45, 7) is 1.78. The summed E-state index contributed by atoms with van der Waals surface area (Å²) >= 11 is 12.3. The predicted octanol–water partition coefficient (Wildman–Crippen LogP) is 3.71. The average molecular weight is 393 g/mol. The van der Waals surface area contributed by atoms with Gasteiger partial charge in [0.1, 0.15) is 5.69 Å². The fraction of sp³-hybridized carbons (Fsp3) is 0.176. The number of aromatic carboxylic acids is 1. The van der Waals surface area contributed by atoms with Crippen LogP contribution in [0.15, 0.2) is 30.6 Å². The monoisotopic (exact) mass is 392 g/mol. The molecule has 9 heteroatoms. The van der Waals surface area contributed by atoms with Gasteiger partial charge in [-0.3, -0.25) is 4.98 Å². The molecule has 0 saturated heterocycles. The molecule has 0 amide bonds. The van der Waals surface area contributed by atoms with Crippen LogP contribution < -0.4 is 4.74 Å². The minimum Gasteiger partial charge on any atom is -0.480 e. The second-order valence-electron chi connectivity index (χ2n) is 5.44. The Hall–Kier alpha value is -2.64. The van der Waals surface area contributed by atoms with E-state index in [0.717, 1.165) is 0 Å². The van der Waals surface area contributed by atoms with Gasteiger partial charge in [0.2, 0.25) is 5.88 Å². The lowest BCUT2D eigenvalue weighted by atomic mass is 10.2. The zero-order chi connectivity index (χ0) is 18.8. The van der Waals surface area contributed by atoms with Crippen LogP contribution in [0.2, 0.25) is 10.0 Å². The highest BCUT2D eigenvalue weighted by molar-refractivity contribution is 6.33. The third-order valence-electron chi connectivity index (χ3n) is 3.73.